The van der Waals surface area contributed by atoms with Gasteiger partial charge in [0.15, 0.2) is 0 Å². The average Bonchev–Trinajstić information content (AvgIpc) is 1.35. The monoisotopic (exact) mass is 132 g/mol. The molecule has 0 saturated heterocycles. The van der Waals surface area contributed by atoms with Gasteiger partial charge in [0, 0.05) is 5.82 Å². The van der Waals surface area contributed by atoms with E-state index in [1.54, 1.807) is 0 Å². The quantitative estimate of drug-likeness (QED) is 0.304. The molecule has 0 fully saturated rings. The van der Waals surface area contributed by atoms with Crippen LogP contribution in [0.3, 0.4) is 0 Å². The van der Waals surface area contributed by atoms with E-state index in [0.717, 1.165) is 0 Å². The molecule has 0 bridgehead atoms. The molecule has 0 rings (SSSR count). The Labute approximate surface area is 65.4 Å². The summed E-state index contributed by atoms with van der Waals surface area (Å²) in [7, 11) is -3.88. The summed E-state index contributed by atoms with van der Waals surface area (Å²) in [6.45, 7) is 2.87. The van der Waals surface area contributed by atoms with E-state index in [1.807, 2.05) is 0 Å². The van der Waals surface area contributed by atoms with E-state index in [9.17, 15) is 4.57 Å². The molecule has 0 aliphatic carbocycles. The molecule has 0 spiro atoms. The third-order valence-electron chi connectivity index (χ3n) is 0.238. The number of rotatable bonds is 1. The Morgan fingerprint density at radius 1 is 1.71 bits per heavy atom. The van der Waals surface area contributed by atoms with Crippen LogP contribution in [0.5, 0.6) is 0 Å². The van der Waals surface area contributed by atoms with E-state index in [2.05, 4.69) is 6.58 Å². The van der Waals surface area contributed by atoms with Crippen molar-refractivity contribution >= 4 is 7.60 Å². The van der Waals surface area contributed by atoms with Gasteiger partial charge in [-0.3, -0.25) is 4.57 Å². The fraction of sp³-hybridized carbons (Fsp3) is 0. The third-order valence-corrected chi connectivity index (χ3v) is 0.714. The molecule has 5 heteroatoms. The van der Waals surface area contributed by atoms with Crippen LogP contribution in [0.4, 0.5) is 0 Å². The second-order valence-corrected chi connectivity index (χ2v) is 2.31. The minimum Gasteiger partial charge on any atom is -1.00 e. The van der Waals surface area contributed by atoms with Gasteiger partial charge in [-0.15, -0.1) is 0 Å². The molecular weight excluding hydrogens is 126 g/mol. The first-order valence-corrected chi connectivity index (χ1v) is 2.93. The minimum absolute atomic E-state index is 0. The van der Waals surface area contributed by atoms with Crippen LogP contribution in [-0.2, 0) is 4.57 Å². The third kappa shape index (κ3) is 10.9. The van der Waals surface area contributed by atoms with Gasteiger partial charge in [-0.25, -0.2) is 0 Å². The first-order valence-electron chi connectivity index (χ1n) is 1.25. The second kappa shape index (κ2) is 3.84. The van der Waals surface area contributed by atoms with Gasteiger partial charge < -0.3 is 11.2 Å². The predicted octanol–water partition coefficient (Wildman–Crippen LogP) is -2.58. The average molecular weight is 132 g/mol. The van der Waals surface area contributed by atoms with E-state index in [1.165, 1.54) is 0 Å². The Morgan fingerprint density at radius 3 is 1.86 bits per heavy atom. The molecule has 3 nitrogen and oxygen atoms in total. The SMILES string of the molecule is C=CP(=O)(O)O.[H-].[Na+]. The van der Waals surface area contributed by atoms with Crippen molar-refractivity contribution in [3.05, 3.63) is 12.4 Å². The van der Waals surface area contributed by atoms with Gasteiger partial charge in [0.1, 0.15) is 0 Å². The standard InChI is InChI=1S/C2H5O3P.Na.H/c1-2-6(3,4)5;;/h2H,1H2,(H2,3,4,5);;/q;+1;-1. The molecule has 0 atom stereocenters. The van der Waals surface area contributed by atoms with Crippen molar-refractivity contribution in [1.29, 1.82) is 0 Å². The van der Waals surface area contributed by atoms with Crippen LogP contribution in [-0.4, -0.2) is 9.79 Å². The van der Waals surface area contributed by atoms with Crippen LogP contribution in [0.15, 0.2) is 12.4 Å². The zero-order valence-electron chi connectivity index (χ0n) is 5.03. The Balaban J connectivity index is -0.000000125. The summed E-state index contributed by atoms with van der Waals surface area (Å²) in [5, 5.41) is 0. The smallest absolute Gasteiger partial charge is 1.00 e. The maximum Gasteiger partial charge on any atom is 1.00 e. The summed E-state index contributed by atoms with van der Waals surface area (Å²) in [5.74, 6) is 0.604. The number of hydrogen-bond acceptors (Lipinski definition) is 1. The largest absolute Gasteiger partial charge is 1.00 e. The zero-order chi connectivity index (χ0) is 5.21. The molecule has 0 saturated carbocycles. The van der Waals surface area contributed by atoms with E-state index in [4.69, 9.17) is 9.79 Å². The van der Waals surface area contributed by atoms with Crippen molar-refractivity contribution in [2.75, 3.05) is 0 Å². The Morgan fingerprint density at radius 2 is 1.86 bits per heavy atom. The van der Waals surface area contributed by atoms with Crippen LogP contribution in [0.1, 0.15) is 1.43 Å². The summed E-state index contributed by atoms with van der Waals surface area (Å²) < 4.78 is 9.58. The van der Waals surface area contributed by atoms with Crippen LogP contribution >= 0.6 is 7.60 Å². The van der Waals surface area contributed by atoms with Gasteiger partial charge in [0.25, 0.3) is 0 Å². The summed E-state index contributed by atoms with van der Waals surface area (Å²) in [5.41, 5.74) is 0. The summed E-state index contributed by atoms with van der Waals surface area (Å²) in [6, 6.07) is 0. The normalized spacial score (nSPS) is 9.43. The zero-order valence-corrected chi connectivity index (χ0v) is 6.93. The van der Waals surface area contributed by atoms with Crippen molar-refractivity contribution < 1.29 is 45.3 Å². The van der Waals surface area contributed by atoms with Crippen LogP contribution < -0.4 is 29.6 Å². The molecule has 38 valence electrons. The first kappa shape index (κ1) is 10.8. The maximum atomic E-state index is 9.58. The first-order chi connectivity index (χ1) is 2.56. The van der Waals surface area contributed by atoms with Gasteiger partial charge in [0.2, 0.25) is 0 Å². The Kier molecular flexibility index (Phi) is 5.92. The van der Waals surface area contributed by atoms with Crippen molar-refractivity contribution in [3.8, 4) is 0 Å². The molecule has 2 N–H and O–H groups in total. The van der Waals surface area contributed by atoms with Gasteiger partial charge in [0.05, 0.1) is 0 Å². The molecule has 0 aromatic heterocycles. The van der Waals surface area contributed by atoms with Gasteiger partial charge >= 0.3 is 37.2 Å². The summed E-state index contributed by atoms with van der Waals surface area (Å²) in [6.07, 6.45) is 0. The molecule has 0 aliphatic heterocycles. The van der Waals surface area contributed by atoms with Crippen LogP contribution in [0.2, 0.25) is 0 Å². The number of hydrogen-bond donors (Lipinski definition) is 2. The van der Waals surface area contributed by atoms with Gasteiger partial charge in [-0.2, -0.15) is 0 Å². The maximum absolute atomic E-state index is 9.58. The fourth-order valence-corrected chi connectivity index (χ4v) is 0. The van der Waals surface area contributed by atoms with E-state index in [0.29, 0.717) is 5.82 Å². The molecule has 0 heterocycles. The summed E-state index contributed by atoms with van der Waals surface area (Å²) in [4.78, 5) is 15.6. The molecular formula is C2H6NaO3P. The predicted molar refractivity (Wildman–Crippen MR) is 23.4 cm³/mol. The van der Waals surface area contributed by atoms with Gasteiger partial charge in [-0.05, 0) is 0 Å². The van der Waals surface area contributed by atoms with Gasteiger partial charge in [-0.1, -0.05) is 6.58 Å². The Bertz CT molecular complexity index is 99.5. The molecule has 0 aromatic carbocycles. The molecule has 0 aromatic rings. The van der Waals surface area contributed by atoms with Crippen molar-refractivity contribution in [1.82, 2.24) is 0 Å². The molecule has 0 aliphatic rings. The fourth-order valence-electron chi connectivity index (χ4n) is 0. The van der Waals surface area contributed by atoms with E-state index >= 15 is 0 Å². The summed E-state index contributed by atoms with van der Waals surface area (Å²) >= 11 is 0. The van der Waals surface area contributed by atoms with Crippen molar-refractivity contribution in [3.63, 3.8) is 0 Å². The van der Waals surface area contributed by atoms with Crippen molar-refractivity contribution in [2.45, 2.75) is 0 Å². The molecule has 7 heavy (non-hydrogen) atoms. The van der Waals surface area contributed by atoms with Crippen LogP contribution in [0, 0.1) is 0 Å². The Hall–Kier alpha value is 0.890. The molecule has 0 amide bonds. The molecule has 0 unspecified atom stereocenters. The van der Waals surface area contributed by atoms with Crippen molar-refractivity contribution in [2.24, 2.45) is 0 Å². The minimum atomic E-state index is -3.88. The molecule has 0 radical (unpaired) electrons. The van der Waals surface area contributed by atoms with E-state index < -0.39 is 7.60 Å². The topological polar surface area (TPSA) is 57.5 Å². The van der Waals surface area contributed by atoms with Crippen LogP contribution in [0.25, 0.3) is 0 Å². The van der Waals surface area contributed by atoms with E-state index in [-0.39, 0.29) is 31.0 Å². The second-order valence-electron chi connectivity index (χ2n) is 0.772.